The van der Waals surface area contributed by atoms with Gasteiger partial charge in [0.2, 0.25) is 0 Å². The number of alkyl halides is 4. The van der Waals surface area contributed by atoms with Gasteiger partial charge in [-0.05, 0) is 0 Å². The Morgan fingerprint density at radius 3 is 1.10 bits per heavy atom. The largest absolute Gasteiger partial charge is 0.134 e. The minimum absolute atomic E-state index is 0.0926. The Morgan fingerprint density at radius 2 is 1.10 bits per heavy atom. The normalized spacial score (nSPS) is 10.8. The molecule has 0 saturated carbocycles. The van der Waals surface area contributed by atoms with E-state index in [0.29, 0.717) is 0 Å². The Morgan fingerprint density at radius 1 is 0.800 bits per heavy atom. The molecule has 0 saturated heterocycles. The molecule has 0 amide bonds. The Kier molecular flexibility index (Phi) is 5.95. The van der Waals surface area contributed by atoms with Gasteiger partial charge in [-0.25, -0.2) is 0 Å². The Hall–Kier alpha value is 1.48. The van der Waals surface area contributed by atoms with Crippen molar-refractivity contribution >= 4 is 69.6 Å². The quantitative estimate of drug-likeness (QED) is 0.652. The minimum Gasteiger partial charge on any atom is -0.100 e. The fraction of sp³-hybridized carbons (Fsp3) is 0.500. The highest BCUT2D eigenvalue weighted by atomic mass is 35.5. The van der Waals surface area contributed by atoms with Crippen molar-refractivity contribution in [1.82, 2.24) is 0 Å². The average Bonchev–Trinajstić information content (AvgIpc) is 1.59. The van der Waals surface area contributed by atoms with E-state index < -0.39 is 9.67 Å². The van der Waals surface area contributed by atoms with Crippen molar-refractivity contribution in [2.45, 2.75) is 9.67 Å². The van der Waals surface area contributed by atoms with Crippen LogP contribution >= 0.6 is 69.6 Å². The molecule has 6 heteroatoms. The zero-order chi connectivity index (χ0) is 8.31. The second kappa shape index (κ2) is 5.18. The second-order valence-corrected chi connectivity index (χ2v) is 4.46. The Balaban J connectivity index is 4.44. The fourth-order valence-corrected chi connectivity index (χ4v) is 2.34. The summed E-state index contributed by atoms with van der Waals surface area (Å²) in [6, 6.07) is 0. The van der Waals surface area contributed by atoms with Gasteiger partial charge in [-0.1, -0.05) is 23.2 Å². The molecule has 0 spiro atoms. The van der Waals surface area contributed by atoms with Gasteiger partial charge in [0.15, 0.2) is 0 Å². The van der Waals surface area contributed by atoms with E-state index in [-0.39, 0.29) is 10.1 Å². The molecule has 0 aliphatic heterocycles. The lowest BCUT2D eigenvalue weighted by atomic mass is 10.4. The average molecular weight is 263 g/mol. The third-order valence-corrected chi connectivity index (χ3v) is 2.07. The summed E-state index contributed by atoms with van der Waals surface area (Å²) in [5.41, 5.74) is 0.204. The van der Waals surface area contributed by atoms with Gasteiger partial charge < -0.3 is 0 Å². The van der Waals surface area contributed by atoms with Crippen molar-refractivity contribution in [1.29, 1.82) is 0 Å². The van der Waals surface area contributed by atoms with E-state index in [1.54, 1.807) is 0 Å². The molecule has 0 atom stereocenters. The molecule has 10 heavy (non-hydrogen) atoms. The standard InChI is InChI=1S/C4H2Cl6/c5-2(6)1(3(7)8)4(9)10/h2-3H. The molecule has 0 aromatic rings. The number of hydrogen-bond acceptors (Lipinski definition) is 0. The molecule has 0 aliphatic carbocycles. The molecule has 0 radical (unpaired) electrons. The van der Waals surface area contributed by atoms with Crippen molar-refractivity contribution in [3.05, 3.63) is 10.1 Å². The maximum Gasteiger partial charge on any atom is 0.134 e. The van der Waals surface area contributed by atoms with Gasteiger partial charge >= 0.3 is 0 Å². The highest BCUT2D eigenvalue weighted by Gasteiger charge is 2.18. The smallest absolute Gasteiger partial charge is 0.100 e. The molecule has 0 aromatic carbocycles. The van der Waals surface area contributed by atoms with E-state index in [1.165, 1.54) is 0 Å². The number of halogens is 6. The monoisotopic (exact) mass is 260 g/mol. The topological polar surface area (TPSA) is 0 Å². The predicted molar refractivity (Wildman–Crippen MR) is 49.7 cm³/mol. The van der Waals surface area contributed by atoms with Crippen molar-refractivity contribution in [3.63, 3.8) is 0 Å². The van der Waals surface area contributed by atoms with Crippen LogP contribution in [0.25, 0.3) is 0 Å². The second-order valence-electron chi connectivity index (χ2n) is 1.32. The maximum absolute atomic E-state index is 5.40. The van der Waals surface area contributed by atoms with E-state index in [4.69, 9.17) is 69.6 Å². The summed E-state index contributed by atoms with van der Waals surface area (Å²) >= 11 is 32.3. The third-order valence-electron chi connectivity index (χ3n) is 0.688. The first kappa shape index (κ1) is 11.5. The van der Waals surface area contributed by atoms with Gasteiger partial charge in [-0.2, -0.15) is 0 Å². The third kappa shape index (κ3) is 3.75. The van der Waals surface area contributed by atoms with E-state index in [2.05, 4.69) is 0 Å². The minimum atomic E-state index is -0.870. The van der Waals surface area contributed by atoms with Gasteiger partial charge in [0.25, 0.3) is 0 Å². The zero-order valence-corrected chi connectivity index (χ0v) is 8.96. The van der Waals surface area contributed by atoms with E-state index >= 15 is 0 Å². The van der Waals surface area contributed by atoms with Crippen LogP contribution in [0.3, 0.4) is 0 Å². The maximum atomic E-state index is 5.40. The predicted octanol–water partition coefficient (Wildman–Crippen LogP) is 4.28. The molecule has 0 aliphatic rings. The molecular weight excluding hydrogens is 261 g/mol. The molecule has 0 unspecified atom stereocenters. The number of hydrogen-bond donors (Lipinski definition) is 0. The van der Waals surface area contributed by atoms with Crippen LogP contribution in [0, 0.1) is 0 Å². The molecule has 0 nitrogen and oxygen atoms in total. The zero-order valence-electron chi connectivity index (χ0n) is 4.42. The molecular formula is C4H2Cl6. The summed E-state index contributed by atoms with van der Waals surface area (Å²) in [7, 11) is 0. The summed E-state index contributed by atoms with van der Waals surface area (Å²) in [5.74, 6) is 0. The van der Waals surface area contributed by atoms with Crippen LogP contribution in [-0.2, 0) is 0 Å². The first-order valence-electron chi connectivity index (χ1n) is 2.08. The van der Waals surface area contributed by atoms with Crippen molar-refractivity contribution in [3.8, 4) is 0 Å². The van der Waals surface area contributed by atoms with Crippen molar-refractivity contribution in [2.75, 3.05) is 0 Å². The first-order chi connectivity index (χ1) is 4.46. The van der Waals surface area contributed by atoms with E-state index in [1.807, 2.05) is 0 Å². The van der Waals surface area contributed by atoms with Crippen LogP contribution < -0.4 is 0 Å². The highest BCUT2D eigenvalue weighted by molar-refractivity contribution is 6.60. The first-order valence-corrected chi connectivity index (χ1v) is 4.58. The van der Waals surface area contributed by atoms with Crippen molar-refractivity contribution in [2.24, 2.45) is 0 Å². The van der Waals surface area contributed by atoms with Crippen LogP contribution in [0.5, 0.6) is 0 Å². The molecule has 0 heterocycles. The summed E-state index contributed by atoms with van der Waals surface area (Å²) < 4.78 is -0.0926. The van der Waals surface area contributed by atoms with Gasteiger partial charge in [0, 0.05) is 5.57 Å². The van der Waals surface area contributed by atoms with Crippen LogP contribution in [0.4, 0.5) is 0 Å². The lowest BCUT2D eigenvalue weighted by molar-refractivity contribution is 1.28. The summed E-state index contributed by atoms with van der Waals surface area (Å²) in [4.78, 5) is -1.74. The van der Waals surface area contributed by atoms with Crippen LogP contribution in [0.2, 0.25) is 0 Å². The lowest BCUT2D eigenvalue weighted by Crippen LogP contribution is -2.03. The molecule has 0 fully saturated rings. The van der Waals surface area contributed by atoms with Crippen LogP contribution in [0.1, 0.15) is 0 Å². The van der Waals surface area contributed by atoms with Gasteiger partial charge in [-0.15, -0.1) is 46.4 Å². The van der Waals surface area contributed by atoms with Crippen LogP contribution in [-0.4, -0.2) is 9.67 Å². The van der Waals surface area contributed by atoms with Crippen molar-refractivity contribution < 1.29 is 0 Å². The van der Waals surface area contributed by atoms with Gasteiger partial charge in [0.05, 0.1) is 0 Å². The van der Waals surface area contributed by atoms with Gasteiger partial charge in [0.1, 0.15) is 14.2 Å². The molecule has 60 valence electrons. The summed E-state index contributed by atoms with van der Waals surface area (Å²) in [6.45, 7) is 0. The molecule has 0 bridgehead atoms. The Labute approximate surface area is 89.0 Å². The Bertz CT molecular complexity index is 123. The summed E-state index contributed by atoms with van der Waals surface area (Å²) in [5, 5.41) is 0. The lowest BCUT2D eigenvalue weighted by Gasteiger charge is -2.07. The SMILES string of the molecule is ClC(Cl)=C(C(Cl)Cl)C(Cl)Cl. The number of rotatable bonds is 2. The molecule has 0 rings (SSSR count). The van der Waals surface area contributed by atoms with E-state index in [9.17, 15) is 0 Å². The molecule has 0 aromatic heterocycles. The van der Waals surface area contributed by atoms with E-state index in [0.717, 1.165) is 0 Å². The van der Waals surface area contributed by atoms with Crippen LogP contribution in [0.15, 0.2) is 10.1 Å². The summed E-state index contributed by atoms with van der Waals surface area (Å²) in [6.07, 6.45) is 0. The highest BCUT2D eigenvalue weighted by Crippen LogP contribution is 2.30. The van der Waals surface area contributed by atoms with Gasteiger partial charge in [-0.3, -0.25) is 0 Å². The number of allylic oxidation sites excluding steroid dienone is 1. The fourth-order valence-electron chi connectivity index (χ4n) is 0.260. The molecule has 0 N–H and O–H groups in total.